The van der Waals surface area contributed by atoms with E-state index in [1.807, 2.05) is 33.2 Å². The number of aliphatic carboxylic acids is 1. The van der Waals surface area contributed by atoms with E-state index in [-0.39, 0.29) is 11.2 Å². The van der Waals surface area contributed by atoms with Gasteiger partial charge in [-0.1, -0.05) is 13.8 Å². The first kappa shape index (κ1) is 12.1. The zero-order valence-corrected chi connectivity index (χ0v) is 9.99. The van der Waals surface area contributed by atoms with Crippen molar-refractivity contribution in [1.82, 2.24) is 9.78 Å². The Balaban J connectivity index is 2.50. The van der Waals surface area contributed by atoms with Crippen LogP contribution in [0.3, 0.4) is 0 Å². The third-order valence-corrected chi connectivity index (χ3v) is 3.60. The summed E-state index contributed by atoms with van der Waals surface area (Å²) in [5.41, 5.74) is 0.925. The van der Waals surface area contributed by atoms with Gasteiger partial charge in [0.1, 0.15) is 5.25 Å². The molecule has 1 N–H and O–H groups in total. The summed E-state index contributed by atoms with van der Waals surface area (Å²) in [7, 11) is 1.85. The van der Waals surface area contributed by atoms with Crippen LogP contribution in [-0.4, -0.2) is 26.1 Å². The quantitative estimate of drug-likeness (QED) is 0.834. The van der Waals surface area contributed by atoms with Gasteiger partial charge in [-0.05, 0) is 12.0 Å². The molecule has 15 heavy (non-hydrogen) atoms. The molecule has 1 aromatic heterocycles. The van der Waals surface area contributed by atoms with Gasteiger partial charge in [0.05, 0.1) is 5.69 Å². The summed E-state index contributed by atoms with van der Waals surface area (Å²) in [5.74, 6) is 0.0397. The van der Waals surface area contributed by atoms with Crippen LogP contribution in [0.1, 0.15) is 19.5 Å². The molecule has 1 aromatic rings. The Labute approximate surface area is 93.7 Å². The third kappa shape index (κ3) is 3.58. The molecule has 0 spiro atoms. The molecule has 0 aromatic carbocycles. The van der Waals surface area contributed by atoms with E-state index >= 15 is 0 Å². The number of aryl methyl sites for hydroxylation is 1. The van der Waals surface area contributed by atoms with Crippen LogP contribution in [0.2, 0.25) is 0 Å². The summed E-state index contributed by atoms with van der Waals surface area (Å²) in [6.07, 6.45) is 1.86. The Hall–Kier alpha value is -0.970. The Morgan fingerprint density at radius 3 is 2.73 bits per heavy atom. The smallest absolute Gasteiger partial charge is 0.316 e. The predicted molar refractivity (Wildman–Crippen MR) is 60.8 cm³/mol. The average Bonchev–Trinajstić information content (AvgIpc) is 2.50. The molecular weight excluding hydrogens is 212 g/mol. The molecule has 0 saturated heterocycles. The Morgan fingerprint density at radius 2 is 2.33 bits per heavy atom. The van der Waals surface area contributed by atoms with Gasteiger partial charge in [-0.25, -0.2) is 0 Å². The zero-order valence-electron chi connectivity index (χ0n) is 9.17. The molecule has 0 amide bonds. The van der Waals surface area contributed by atoms with Gasteiger partial charge < -0.3 is 5.11 Å². The number of hydrogen-bond acceptors (Lipinski definition) is 3. The van der Waals surface area contributed by atoms with E-state index in [0.717, 1.165) is 5.69 Å². The number of rotatable bonds is 5. The van der Waals surface area contributed by atoms with Gasteiger partial charge in [0.15, 0.2) is 0 Å². The molecule has 0 aliphatic carbocycles. The number of carboxylic acids is 1. The first-order chi connectivity index (χ1) is 7.00. The molecule has 0 fully saturated rings. The van der Waals surface area contributed by atoms with Crippen LogP contribution < -0.4 is 0 Å². The maximum absolute atomic E-state index is 10.9. The normalized spacial score (nSPS) is 13.1. The van der Waals surface area contributed by atoms with Gasteiger partial charge in [0.2, 0.25) is 0 Å². The van der Waals surface area contributed by atoms with Crippen molar-refractivity contribution in [3.8, 4) is 0 Å². The van der Waals surface area contributed by atoms with Crippen molar-refractivity contribution in [1.29, 1.82) is 0 Å². The number of aromatic nitrogens is 2. The standard InChI is InChI=1S/C10H16N2O2S/c1-7(2)9(10(13)14)15-6-8-4-5-12(3)11-8/h4-5,7,9H,6H2,1-3H3,(H,13,14). The zero-order chi connectivity index (χ0) is 11.4. The highest BCUT2D eigenvalue weighted by Crippen LogP contribution is 2.23. The lowest BCUT2D eigenvalue weighted by Crippen LogP contribution is -2.22. The van der Waals surface area contributed by atoms with E-state index in [9.17, 15) is 4.79 Å². The van der Waals surface area contributed by atoms with E-state index in [1.54, 1.807) is 4.68 Å². The number of hydrogen-bond donors (Lipinski definition) is 1. The van der Waals surface area contributed by atoms with Crippen LogP contribution >= 0.6 is 11.8 Å². The Kier molecular flexibility index (Phi) is 4.20. The molecule has 0 saturated carbocycles. The lowest BCUT2D eigenvalue weighted by Gasteiger charge is -2.14. The van der Waals surface area contributed by atoms with Gasteiger partial charge in [0, 0.05) is 19.0 Å². The SMILES string of the molecule is CC(C)C(SCc1ccn(C)n1)C(=O)O. The highest BCUT2D eigenvalue weighted by atomic mass is 32.2. The lowest BCUT2D eigenvalue weighted by molar-refractivity contribution is -0.137. The van der Waals surface area contributed by atoms with Crippen LogP contribution in [-0.2, 0) is 17.6 Å². The van der Waals surface area contributed by atoms with E-state index < -0.39 is 5.97 Å². The molecular formula is C10H16N2O2S. The van der Waals surface area contributed by atoms with E-state index in [0.29, 0.717) is 5.75 Å². The molecule has 84 valence electrons. The number of carboxylic acid groups (broad SMARTS) is 1. The van der Waals surface area contributed by atoms with Crippen molar-refractivity contribution in [2.45, 2.75) is 24.9 Å². The van der Waals surface area contributed by atoms with Gasteiger partial charge in [-0.3, -0.25) is 9.48 Å². The predicted octanol–water partition coefficient (Wildman–Crippen LogP) is 1.76. The second-order valence-corrected chi connectivity index (χ2v) is 4.92. The maximum Gasteiger partial charge on any atom is 0.316 e. The number of nitrogens with zero attached hydrogens (tertiary/aromatic N) is 2. The van der Waals surface area contributed by atoms with Gasteiger partial charge in [-0.15, -0.1) is 11.8 Å². The van der Waals surface area contributed by atoms with Crippen LogP contribution in [0.15, 0.2) is 12.3 Å². The average molecular weight is 228 g/mol. The van der Waals surface area contributed by atoms with Crippen LogP contribution in [0, 0.1) is 5.92 Å². The van der Waals surface area contributed by atoms with Crippen LogP contribution in [0.4, 0.5) is 0 Å². The minimum absolute atomic E-state index is 0.135. The fourth-order valence-corrected chi connectivity index (χ4v) is 2.30. The lowest BCUT2D eigenvalue weighted by atomic mass is 10.1. The summed E-state index contributed by atoms with van der Waals surface area (Å²) in [6, 6.07) is 1.91. The molecule has 0 radical (unpaired) electrons. The molecule has 1 rings (SSSR count). The Bertz CT molecular complexity index is 336. The first-order valence-corrected chi connectivity index (χ1v) is 5.88. The van der Waals surface area contributed by atoms with Crippen molar-refractivity contribution in [3.63, 3.8) is 0 Å². The molecule has 0 aliphatic rings. The highest BCUT2D eigenvalue weighted by Gasteiger charge is 2.21. The van der Waals surface area contributed by atoms with Crippen molar-refractivity contribution < 1.29 is 9.90 Å². The monoisotopic (exact) mass is 228 g/mol. The molecule has 1 atom stereocenters. The Morgan fingerprint density at radius 1 is 1.67 bits per heavy atom. The summed E-state index contributed by atoms with van der Waals surface area (Å²) >= 11 is 1.43. The molecule has 0 aliphatic heterocycles. The van der Waals surface area contributed by atoms with Gasteiger partial charge >= 0.3 is 5.97 Å². The second-order valence-electron chi connectivity index (χ2n) is 3.79. The minimum atomic E-state index is -0.745. The number of carbonyl (C=O) groups is 1. The van der Waals surface area contributed by atoms with Crippen molar-refractivity contribution in [3.05, 3.63) is 18.0 Å². The number of thioether (sulfide) groups is 1. The molecule has 5 heteroatoms. The van der Waals surface area contributed by atoms with Crippen LogP contribution in [0.25, 0.3) is 0 Å². The highest BCUT2D eigenvalue weighted by molar-refractivity contribution is 7.99. The summed E-state index contributed by atoms with van der Waals surface area (Å²) in [5, 5.41) is 12.8. The second kappa shape index (κ2) is 5.21. The van der Waals surface area contributed by atoms with Crippen molar-refractivity contribution in [2.24, 2.45) is 13.0 Å². The van der Waals surface area contributed by atoms with Crippen LogP contribution in [0.5, 0.6) is 0 Å². The fourth-order valence-electron chi connectivity index (χ4n) is 1.26. The summed E-state index contributed by atoms with van der Waals surface area (Å²) in [6.45, 7) is 3.84. The van der Waals surface area contributed by atoms with Crippen molar-refractivity contribution >= 4 is 17.7 Å². The van der Waals surface area contributed by atoms with E-state index in [2.05, 4.69) is 5.10 Å². The summed E-state index contributed by atoms with van der Waals surface area (Å²) in [4.78, 5) is 10.9. The third-order valence-electron chi connectivity index (χ3n) is 2.03. The molecule has 1 heterocycles. The van der Waals surface area contributed by atoms with Gasteiger partial charge in [-0.2, -0.15) is 5.10 Å². The topological polar surface area (TPSA) is 55.1 Å². The largest absolute Gasteiger partial charge is 0.480 e. The molecule has 4 nitrogen and oxygen atoms in total. The maximum atomic E-state index is 10.9. The fraction of sp³-hybridized carbons (Fsp3) is 0.600. The van der Waals surface area contributed by atoms with Gasteiger partial charge in [0.25, 0.3) is 0 Å². The van der Waals surface area contributed by atoms with E-state index in [4.69, 9.17) is 5.11 Å². The molecule has 0 bridgehead atoms. The summed E-state index contributed by atoms with van der Waals surface area (Å²) < 4.78 is 1.72. The first-order valence-electron chi connectivity index (χ1n) is 4.83. The van der Waals surface area contributed by atoms with E-state index in [1.165, 1.54) is 11.8 Å². The molecule has 1 unspecified atom stereocenters. The minimum Gasteiger partial charge on any atom is -0.480 e. The van der Waals surface area contributed by atoms with Crippen molar-refractivity contribution in [2.75, 3.05) is 0 Å².